The van der Waals surface area contributed by atoms with E-state index < -0.39 is 0 Å². The van der Waals surface area contributed by atoms with Crippen molar-refractivity contribution in [2.75, 3.05) is 6.61 Å². The van der Waals surface area contributed by atoms with E-state index in [0.717, 1.165) is 4.47 Å². The average molecular weight is 297 g/mol. The van der Waals surface area contributed by atoms with Crippen LogP contribution in [-0.4, -0.2) is 12.6 Å². The van der Waals surface area contributed by atoms with E-state index in [1.54, 1.807) is 0 Å². The molecular weight excluding hydrogens is 280 g/mol. The number of rotatable bonds is 3. The Hall–Kier alpha value is -0.830. The number of halogens is 1. The maximum Gasteiger partial charge on any atom is 0.310 e. The van der Waals surface area contributed by atoms with Gasteiger partial charge in [-0.15, -0.1) is 0 Å². The molecule has 3 heteroatoms. The van der Waals surface area contributed by atoms with Gasteiger partial charge in [-0.1, -0.05) is 41.9 Å². The number of ether oxygens (including phenoxy) is 1. The van der Waals surface area contributed by atoms with Crippen molar-refractivity contribution >= 4 is 21.9 Å². The Morgan fingerprint density at radius 1 is 1.35 bits per heavy atom. The van der Waals surface area contributed by atoms with E-state index in [9.17, 15) is 4.79 Å². The molecule has 1 aliphatic carbocycles. The molecular formula is C14H17BrO2. The number of hydrogen-bond acceptors (Lipinski definition) is 2. The summed E-state index contributed by atoms with van der Waals surface area (Å²) in [4.78, 5) is 11.8. The van der Waals surface area contributed by atoms with Gasteiger partial charge in [0.2, 0.25) is 0 Å². The molecule has 0 radical (unpaired) electrons. The highest BCUT2D eigenvalue weighted by molar-refractivity contribution is 9.10. The molecule has 0 aliphatic heterocycles. The Bertz CT molecular complexity index is 422. The zero-order chi connectivity index (χ0) is 12.6. The molecule has 0 amide bonds. The molecule has 1 aromatic rings. The van der Waals surface area contributed by atoms with Gasteiger partial charge < -0.3 is 4.74 Å². The Kier molecular flexibility index (Phi) is 3.30. The van der Waals surface area contributed by atoms with Crippen molar-refractivity contribution in [2.45, 2.75) is 26.7 Å². The Morgan fingerprint density at radius 2 is 1.94 bits per heavy atom. The lowest BCUT2D eigenvalue weighted by atomic mass is 10.0. The van der Waals surface area contributed by atoms with Gasteiger partial charge in [-0.25, -0.2) is 0 Å². The fourth-order valence-corrected chi connectivity index (χ4v) is 2.87. The first-order valence-electron chi connectivity index (χ1n) is 5.90. The van der Waals surface area contributed by atoms with Crippen molar-refractivity contribution in [3.63, 3.8) is 0 Å². The second-order valence-corrected chi connectivity index (χ2v) is 6.00. The van der Waals surface area contributed by atoms with Crippen LogP contribution in [0.1, 0.15) is 32.3 Å². The van der Waals surface area contributed by atoms with Crippen LogP contribution in [-0.2, 0) is 9.53 Å². The number of hydrogen-bond donors (Lipinski definition) is 0. The summed E-state index contributed by atoms with van der Waals surface area (Å²) in [5.41, 5.74) is 1.23. The quantitative estimate of drug-likeness (QED) is 0.794. The van der Waals surface area contributed by atoms with E-state index in [0.29, 0.717) is 6.61 Å². The van der Waals surface area contributed by atoms with E-state index in [2.05, 4.69) is 41.9 Å². The highest BCUT2D eigenvalue weighted by Crippen LogP contribution is 2.64. The summed E-state index contributed by atoms with van der Waals surface area (Å²) in [5.74, 6) is 0.226. The molecule has 2 unspecified atom stereocenters. The van der Waals surface area contributed by atoms with E-state index >= 15 is 0 Å². The highest BCUT2D eigenvalue weighted by Gasteiger charge is 2.63. The molecule has 0 saturated heterocycles. The van der Waals surface area contributed by atoms with E-state index in [4.69, 9.17) is 4.74 Å². The monoisotopic (exact) mass is 296 g/mol. The lowest BCUT2D eigenvalue weighted by Gasteiger charge is -2.02. The third-order valence-electron chi connectivity index (χ3n) is 3.60. The summed E-state index contributed by atoms with van der Waals surface area (Å²) in [5, 5.41) is 0. The predicted octanol–water partition coefficient (Wildman–Crippen LogP) is 3.75. The van der Waals surface area contributed by atoms with Gasteiger partial charge in [0.15, 0.2) is 0 Å². The van der Waals surface area contributed by atoms with Gasteiger partial charge >= 0.3 is 5.97 Å². The zero-order valence-electron chi connectivity index (χ0n) is 10.4. The Balaban J connectivity index is 2.18. The third kappa shape index (κ3) is 2.25. The third-order valence-corrected chi connectivity index (χ3v) is 4.13. The van der Waals surface area contributed by atoms with Crippen LogP contribution < -0.4 is 0 Å². The summed E-state index contributed by atoms with van der Waals surface area (Å²) >= 11 is 3.42. The van der Waals surface area contributed by atoms with Crippen LogP contribution in [0.25, 0.3) is 0 Å². The summed E-state index contributed by atoms with van der Waals surface area (Å²) in [7, 11) is 0. The molecule has 17 heavy (non-hydrogen) atoms. The van der Waals surface area contributed by atoms with Gasteiger partial charge in [0.1, 0.15) is 0 Å². The number of carbonyl (C=O) groups excluding carboxylic acids is 1. The Labute approximate surface area is 110 Å². The minimum Gasteiger partial charge on any atom is -0.466 e. The maximum atomic E-state index is 11.8. The van der Waals surface area contributed by atoms with Crippen molar-refractivity contribution in [3.05, 3.63) is 34.3 Å². The van der Waals surface area contributed by atoms with E-state index in [1.165, 1.54) is 5.56 Å². The minimum atomic E-state index is -0.0644. The van der Waals surface area contributed by atoms with Crippen molar-refractivity contribution < 1.29 is 9.53 Å². The zero-order valence-corrected chi connectivity index (χ0v) is 12.0. The molecule has 2 nitrogen and oxygen atoms in total. The number of carbonyl (C=O) groups is 1. The highest BCUT2D eigenvalue weighted by atomic mass is 79.9. The molecule has 0 N–H and O–H groups in total. The van der Waals surface area contributed by atoms with Crippen molar-refractivity contribution in [3.8, 4) is 0 Å². The normalized spacial score (nSPS) is 25.4. The standard InChI is InChI=1S/C14H17BrO2/c1-4-17-13(16)12-11(14(12,2)3)9-5-7-10(15)8-6-9/h5-8,11-12H,4H2,1-3H3. The molecule has 1 aliphatic rings. The van der Waals surface area contributed by atoms with Crippen LogP contribution in [0.2, 0.25) is 0 Å². The molecule has 0 bridgehead atoms. The van der Waals surface area contributed by atoms with Crippen LogP contribution in [0, 0.1) is 11.3 Å². The largest absolute Gasteiger partial charge is 0.466 e. The summed E-state index contributed by atoms with van der Waals surface area (Å²) in [6.07, 6.45) is 0. The molecule has 1 aromatic carbocycles. The molecule has 0 aromatic heterocycles. The molecule has 2 atom stereocenters. The number of esters is 1. The van der Waals surface area contributed by atoms with Crippen LogP contribution in [0.3, 0.4) is 0 Å². The van der Waals surface area contributed by atoms with Gasteiger partial charge in [0.25, 0.3) is 0 Å². The van der Waals surface area contributed by atoms with Crippen LogP contribution in [0.15, 0.2) is 28.7 Å². The molecule has 1 fully saturated rings. The van der Waals surface area contributed by atoms with E-state index in [-0.39, 0.29) is 23.2 Å². The first-order valence-corrected chi connectivity index (χ1v) is 6.70. The average Bonchev–Trinajstić information content (AvgIpc) is 2.83. The second kappa shape index (κ2) is 4.45. The molecule has 92 valence electrons. The van der Waals surface area contributed by atoms with E-state index in [1.807, 2.05) is 19.1 Å². The predicted molar refractivity (Wildman–Crippen MR) is 70.8 cm³/mol. The first kappa shape index (κ1) is 12.6. The molecule has 1 saturated carbocycles. The fourth-order valence-electron chi connectivity index (χ4n) is 2.60. The lowest BCUT2D eigenvalue weighted by Crippen LogP contribution is -2.10. The summed E-state index contributed by atoms with van der Waals surface area (Å²) in [6, 6.07) is 8.20. The van der Waals surface area contributed by atoms with Crippen molar-refractivity contribution in [1.29, 1.82) is 0 Å². The van der Waals surface area contributed by atoms with Crippen molar-refractivity contribution in [2.24, 2.45) is 11.3 Å². The Morgan fingerprint density at radius 3 is 2.47 bits per heavy atom. The number of benzene rings is 1. The first-order chi connectivity index (χ1) is 7.98. The maximum absolute atomic E-state index is 11.8. The topological polar surface area (TPSA) is 26.3 Å². The van der Waals surface area contributed by atoms with Gasteiger partial charge in [-0.05, 0) is 30.0 Å². The molecule has 2 rings (SSSR count). The summed E-state index contributed by atoms with van der Waals surface area (Å²) in [6.45, 7) is 6.56. The van der Waals surface area contributed by atoms with Gasteiger partial charge in [0.05, 0.1) is 12.5 Å². The van der Waals surface area contributed by atoms with Crippen LogP contribution in [0.4, 0.5) is 0 Å². The van der Waals surface area contributed by atoms with Gasteiger partial charge in [-0.2, -0.15) is 0 Å². The summed E-state index contributed by atoms with van der Waals surface area (Å²) < 4.78 is 6.19. The van der Waals surface area contributed by atoms with Gasteiger partial charge in [0, 0.05) is 10.4 Å². The van der Waals surface area contributed by atoms with Crippen molar-refractivity contribution in [1.82, 2.24) is 0 Å². The smallest absolute Gasteiger partial charge is 0.310 e. The van der Waals surface area contributed by atoms with Gasteiger partial charge in [-0.3, -0.25) is 4.79 Å². The fraction of sp³-hybridized carbons (Fsp3) is 0.500. The molecule has 0 heterocycles. The van der Waals surface area contributed by atoms with Crippen LogP contribution in [0.5, 0.6) is 0 Å². The SMILES string of the molecule is CCOC(=O)C1C(c2ccc(Br)cc2)C1(C)C. The minimum absolute atomic E-state index is 0.00336. The van der Waals surface area contributed by atoms with Crippen LogP contribution >= 0.6 is 15.9 Å². The second-order valence-electron chi connectivity index (χ2n) is 5.08. The molecule has 0 spiro atoms. The lowest BCUT2D eigenvalue weighted by molar-refractivity contribution is -0.145.